The molecule has 106 valence electrons. The molecule has 0 aromatic heterocycles. The zero-order valence-corrected chi connectivity index (χ0v) is 14.5. The largest absolute Gasteiger partial charge is 0.421 e. The van der Waals surface area contributed by atoms with Crippen LogP contribution in [0.15, 0.2) is 0 Å². The van der Waals surface area contributed by atoms with E-state index >= 15 is 0 Å². The molecule has 5 heteroatoms. The van der Waals surface area contributed by atoms with Crippen molar-refractivity contribution in [1.29, 1.82) is 0 Å². The van der Waals surface area contributed by atoms with E-state index in [9.17, 15) is 0 Å². The second kappa shape index (κ2) is 5.36. The Morgan fingerprint density at radius 3 is 2.00 bits per heavy atom. The molecule has 0 aromatic carbocycles. The Kier molecular flexibility index (Phi) is 4.38. The highest BCUT2D eigenvalue weighted by Gasteiger charge is 2.56. The van der Waals surface area contributed by atoms with Gasteiger partial charge in [0.25, 0.3) is 0 Å². The lowest BCUT2D eigenvalue weighted by atomic mass is 10.0. The van der Waals surface area contributed by atoms with Gasteiger partial charge in [-0.1, -0.05) is 12.8 Å². The summed E-state index contributed by atoms with van der Waals surface area (Å²) in [5.74, 6) is 1.81. The van der Waals surface area contributed by atoms with Crippen LogP contribution in [0.4, 0.5) is 0 Å². The molecule has 18 heavy (non-hydrogen) atoms. The number of hydrogen-bond acceptors (Lipinski definition) is 3. The maximum absolute atomic E-state index is 6.03. The summed E-state index contributed by atoms with van der Waals surface area (Å²) < 4.78 is 17.8. The van der Waals surface area contributed by atoms with Gasteiger partial charge in [0.15, 0.2) is 8.32 Å². The molecule has 2 aliphatic rings. The van der Waals surface area contributed by atoms with Gasteiger partial charge in [0.1, 0.15) is 0 Å². The van der Waals surface area contributed by atoms with E-state index in [4.69, 9.17) is 13.3 Å². The molecule has 2 bridgehead atoms. The van der Waals surface area contributed by atoms with Crippen molar-refractivity contribution in [2.45, 2.75) is 50.0 Å². The second-order valence-electron chi connectivity index (χ2n) is 6.64. The van der Waals surface area contributed by atoms with Gasteiger partial charge in [0.2, 0.25) is 0 Å². The van der Waals surface area contributed by atoms with E-state index in [1.165, 1.54) is 25.7 Å². The molecule has 0 spiro atoms. The third-order valence-electron chi connectivity index (χ3n) is 5.22. The van der Waals surface area contributed by atoms with Gasteiger partial charge in [-0.15, -0.1) is 0 Å². The molecule has 3 unspecified atom stereocenters. The summed E-state index contributed by atoms with van der Waals surface area (Å²) in [6.07, 6.45) is 5.59. The third kappa shape index (κ3) is 2.61. The van der Waals surface area contributed by atoms with E-state index in [1.54, 1.807) is 0 Å². The molecule has 2 fully saturated rings. The normalized spacial score (nSPS) is 32.2. The van der Waals surface area contributed by atoms with Gasteiger partial charge >= 0.3 is 8.56 Å². The van der Waals surface area contributed by atoms with Crippen molar-refractivity contribution >= 4 is 16.9 Å². The van der Waals surface area contributed by atoms with Crippen molar-refractivity contribution < 1.29 is 13.3 Å². The van der Waals surface area contributed by atoms with E-state index in [0.717, 1.165) is 17.5 Å². The first-order valence-electron chi connectivity index (χ1n) is 7.12. The van der Waals surface area contributed by atoms with Gasteiger partial charge in [-0.05, 0) is 37.8 Å². The lowest BCUT2D eigenvalue weighted by Crippen LogP contribution is -2.53. The number of fused-ring (bicyclic) bond motifs is 2. The van der Waals surface area contributed by atoms with Crippen LogP contribution in [-0.2, 0) is 13.3 Å². The van der Waals surface area contributed by atoms with Crippen LogP contribution in [0.2, 0.25) is 24.3 Å². The molecule has 2 rings (SSSR count). The second-order valence-corrected chi connectivity index (χ2v) is 15.2. The lowest BCUT2D eigenvalue weighted by molar-refractivity contribution is 0.215. The summed E-state index contributed by atoms with van der Waals surface area (Å²) in [4.78, 5) is 0. The van der Waals surface area contributed by atoms with Crippen LogP contribution in [0.25, 0.3) is 0 Å². The van der Waals surface area contributed by atoms with Crippen LogP contribution in [0, 0.1) is 11.8 Å². The average Bonchev–Trinajstić information content (AvgIpc) is 2.98. The SMILES string of the molecule is CO[Si](C)(C)C[Si](OC)(OC)C1CC2CCC1C2. The molecular weight excluding hydrogens is 260 g/mol. The van der Waals surface area contributed by atoms with Crippen LogP contribution in [0.1, 0.15) is 25.7 Å². The summed E-state index contributed by atoms with van der Waals surface area (Å²) in [6, 6.07) is 0. The minimum atomic E-state index is -2.08. The molecule has 0 amide bonds. The Morgan fingerprint density at radius 1 is 0.944 bits per heavy atom. The van der Waals surface area contributed by atoms with Gasteiger partial charge < -0.3 is 13.3 Å². The first-order chi connectivity index (χ1) is 8.46. The van der Waals surface area contributed by atoms with E-state index in [2.05, 4.69) is 13.1 Å². The first-order valence-corrected chi connectivity index (χ1v) is 12.3. The minimum Gasteiger partial charge on any atom is -0.421 e. The molecular formula is C13H28O3Si2. The Balaban J connectivity index is 2.16. The van der Waals surface area contributed by atoms with Gasteiger partial charge in [-0.3, -0.25) is 0 Å². The Labute approximate surface area is 114 Å². The van der Waals surface area contributed by atoms with Gasteiger partial charge in [0.05, 0.1) is 0 Å². The molecule has 3 nitrogen and oxygen atoms in total. The fraction of sp³-hybridized carbons (Fsp3) is 1.00. The van der Waals surface area contributed by atoms with Crippen molar-refractivity contribution in [2.75, 3.05) is 21.3 Å². The van der Waals surface area contributed by atoms with Crippen LogP contribution in [0.3, 0.4) is 0 Å². The quantitative estimate of drug-likeness (QED) is 0.702. The number of rotatable bonds is 6. The molecule has 2 aliphatic carbocycles. The first kappa shape index (κ1) is 14.7. The molecule has 0 aromatic rings. The summed E-state index contributed by atoms with van der Waals surface area (Å²) in [5.41, 5.74) is 1.77. The zero-order valence-electron chi connectivity index (χ0n) is 12.5. The summed E-state index contributed by atoms with van der Waals surface area (Å²) >= 11 is 0. The van der Waals surface area contributed by atoms with Crippen molar-refractivity contribution in [3.8, 4) is 0 Å². The lowest BCUT2D eigenvalue weighted by Gasteiger charge is -2.40. The van der Waals surface area contributed by atoms with Gasteiger partial charge in [-0.25, -0.2) is 0 Å². The standard InChI is InChI=1S/C13H28O3Si2/c1-14-17(4,5)10-18(15-2,16-3)13-9-11-6-7-12(13)8-11/h11-13H,6-10H2,1-5H3. The summed E-state index contributed by atoms with van der Waals surface area (Å²) in [7, 11) is 1.85. The van der Waals surface area contributed by atoms with E-state index in [1.807, 2.05) is 21.3 Å². The van der Waals surface area contributed by atoms with Gasteiger partial charge in [0, 0.05) is 32.5 Å². The number of hydrogen-bond donors (Lipinski definition) is 0. The molecule has 0 aliphatic heterocycles. The minimum absolute atomic E-state index is 0.702. The summed E-state index contributed by atoms with van der Waals surface area (Å²) in [6.45, 7) is 4.56. The Hall–Kier alpha value is 0.314. The third-order valence-corrected chi connectivity index (χ3v) is 14.9. The highest BCUT2D eigenvalue weighted by Crippen LogP contribution is 2.56. The highest BCUT2D eigenvalue weighted by atomic mass is 28.4. The highest BCUT2D eigenvalue weighted by molar-refractivity contribution is 6.88. The molecule has 0 saturated heterocycles. The average molecular weight is 289 g/mol. The van der Waals surface area contributed by atoms with E-state index < -0.39 is 16.9 Å². The van der Waals surface area contributed by atoms with Crippen LogP contribution in [-0.4, -0.2) is 38.2 Å². The predicted octanol–water partition coefficient (Wildman–Crippen LogP) is 3.30. The molecule has 0 radical (unpaired) electrons. The van der Waals surface area contributed by atoms with Crippen LogP contribution in [0.5, 0.6) is 0 Å². The summed E-state index contributed by atoms with van der Waals surface area (Å²) in [5, 5.41) is 0. The smallest absolute Gasteiger partial charge is 0.340 e. The van der Waals surface area contributed by atoms with E-state index in [0.29, 0.717) is 5.54 Å². The fourth-order valence-corrected chi connectivity index (χ4v) is 14.1. The maximum Gasteiger partial charge on any atom is 0.340 e. The van der Waals surface area contributed by atoms with E-state index in [-0.39, 0.29) is 0 Å². The Bertz CT molecular complexity index is 292. The fourth-order valence-electron chi connectivity index (χ4n) is 4.11. The molecule has 0 N–H and O–H groups in total. The van der Waals surface area contributed by atoms with Crippen molar-refractivity contribution in [2.24, 2.45) is 11.8 Å². The van der Waals surface area contributed by atoms with Crippen molar-refractivity contribution in [3.63, 3.8) is 0 Å². The molecule has 2 saturated carbocycles. The molecule has 3 atom stereocenters. The van der Waals surface area contributed by atoms with Gasteiger partial charge in [-0.2, -0.15) is 0 Å². The Morgan fingerprint density at radius 2 is 1.61 bits per heavy atom. The maximum atomic E-state index is 6.03. The van der Waals surface area contributed by atoms with Crippen molar-refractivity contribution in [3.05, 3.63) is 0 Å². The van der Waals surface area contributed by atoms with Crippen LogP contribution >= 0.6 is 0 Å². The topological polar surface area (TPSA) is 27.7 Å². The monoisotopic (exact) mass is 288 g/mol. The van der Waals surface area contributed by atoms with Crippen LogP contribution < -0.4 is 0 Å². The predicted molar refractivity (Wildman–Crippen MR) is 78.3 cm³/mol. The molecule has 0 heterocycles. The van der Waals surface area contributed by atoms with Crippen molar-refractivity contribution in [1.82, 2.24) is 0 Å². The zero-order chi connectivity index (χ0) is 13.4.